The maximum Gasteiger partial charge on any atom is 0.157 e. The number of nitriles is 1. The van der Waals surface area contributed by atoms with E-state index in [1.165, 1.54) is 0 Å². The lowest BCUT2D eigenvalue weighted by atomic mass is 9.91. The van der Waals surface area contributed by atoms with Gasteiger partial charge in [0.15, 0.2) is 5.78 Å². The third kappa shape index (κ3) is 2.46. The van der Waals surface area contributed by atoms with E-state index in [1.54, 1.807) is 6.92 Å². The van der Waals surface area contributed by atoms with Gasteiger partial charge in [-0.15, -0.1) is 0 Å². The number of nitrogens with zero attached hydrogens (tertiary/aromatic N) is 2. The SMILES string of the molecule is CC(=O)C1=CN(C)C=CC1CCC#N. The first-order valence-corrected chi connectivity index (χ1v) is 4.65. The summed E-state index contributed by atoms with van der Waals surface area (Å²) in [5, 5.41) is 8.48. The minimum absolute atomic E-state index is 0.0872. The van der Waals surface area contributed by atoms with E-state index in [0.29, 0.717) is 6.42 Å². The van der Waals surface area contributed by atoms with Gasteiger partial charge in [-0.3, -0.25) is 4.79 Å². The van der Waals surface area contributed by atoms with E-state index in [0.717, 1.165) is 12.0 Å². The molecule has 0 radical (unpaired) electrons. The average Bonchev–Trinajstić information content (AvgIpc) is 2.15. The van der Waals surface area contributed by atoms with Gasteiger partial charge in [-0.05, 0) is 19.5 Å². The van der Waals surface area contributed by atoms with Gasteiger partial charge in [0.1, 0.15) is 0 Å². The minimum atomic E-state index is 0.0872. The number of hydrogen-bond acceptors (Lipinski definition) is 3. The standard InChI is InChI=1S/C11H14N2O/c1-9(14)11-8-13(2)7-5-10(11)4-3-6-12/h5,7-8,10H,3-4H2,1-2H3. The molecule has 1 rings (SSSR count). The number of allylic oxidation sites excluding steroid dienone is 2. The summed E-state index contributed by atoms with van der Waals surface area (Å²) >= 11 is 0. The van der Waals surface area contributed by atoms with E-state index in [1.807, 2.05) is 30.4 Å². The fraction of sp³-hybridized carbons (Fsp3) is 0.455. The van der Waals surface area contributed by atoms with Gasteiger partial charge < -0.3 is 4.90 Å². The smallest absolute Gasteiger partial charge is 0.157 e. The summed E-state index contributed by atoms with van der Waals surface area (Å²) < 4.78 is 0. The number of ketones is 1. The predicted molar refractivity (Wildman–Crippen MR) is 54.0 cm³/mol. The van der Waals surface area contributed by atoms with Crippen LogP contribution >= 0.6 is 0 Å². The molecule has 0 saturated carbocycles. The zero-order valence-corrected chi connectivity index (χ0v) is 8.53. The molecule has 3 nitrogen and oxygen atoms in total. The van der Waals surface area contributed by atoms with E-state index in [2.05, 4.69) is 6.07 Å². The maximum atomic E-state index is 11.3. The largest absolute Gasteiger partial charge is 0.357 e. The van der Waals surface area contributed by atoms with Crippen molar-refractivity contribution in [1.29, 1.82) is 5.26 Å². The molecule has 1 aliphatic rings. The fourth-order valence-electron chi connectivity index (χ4n) is 1.53. The van der Waals surface area contributed by atoms with Crippen LogP contribution in [0.3, 0.4) is 0 Å². The Morgan fingerprint density at radius 1 is 1.71 bits per heavy atom. The molecule has 0 N–H and O–H groups in total. The number of hydrogen-bond donors (Lipinski definition) is 0. The minimum Gasteiger partial charge on any atom is -0.357 e. The Hall–Kier alpha value is -1.56. The summed E-state index contributed by atoms with van der Waals surface area (Å²) in [5.74, 6) is 0.201. The molecule has 0 saturated heterocycles. The summed E-state index contributed by atoms with van der Waals surface area (Å²) in [6, 6.07) is 2.10. The molecule has 3 heteroatoms. The predicted octanol–water partition coefficient (Wildman–Crippen LogP) is 1.84. The van der Waals surface area contributed by atoms with Crippen molar-refractivity contribution in [3.05, 3.63) is 24.0 Å². The zero-order valence-electron chi connectivity index (χ0n) is 8.53. The Morgan fingerprint density at radius 3 is 3.00 bits per heavy atom. The van der Waals surface area contributed by atoms with Crippen LogP contribution in [-0.4, -0.2) is 17.7 Å². The van der Waals surface area contributed by atoms with Crippen LogP contribution in [0, 0.1) is 17.2 Å². The molecule has 0 aliphatic carbocycles. The van der Waals surface area contributed by atoms with Crippen LogP contribution in [0.15, 0.2) is 24.0 Å². The Kier molecular flexibility index (Phi) is 3.47. The van der Waals surface area contributed by atoms with E-state index in [-0.39, 0.29) is 11.7 Å². The van der Waals surface area contributed by atoms with Crippen LogP contribution in [-0.2, 0) is 4.79 Å². The van der Waals surface area contributed by atoms with Crippen LogP contribution in [0.25, 0.3) is 0 Å². The molecule has 14 heavy (non-hydrogen) atoms. The van der Waals surface area contributed by atoms with Gasteiger partial charge in [0.25, 0.3) is 0 Å². The Bertz CT molecular complexity index is 323. The van der Waals surface area contributed by atoms with Crippen LogP contribution in [0.4, 0.5) is 0 Å². The van der Waals surface area contributed by atoms with E-state index in [9.17, 15) is 4.79 Å². The Morgan fingerprint density at radius 2 is 2.43 bits per heavy atom. The van der Waals surface area contributed by atoms with Crippen LogP contribution in [0.5, 0.6) is 0 Å². The molecule has 1 unspecified atom stereocenters. The molecule has 0 bridgehead atoms. The highest BCUT2D eigenvalue weighted by atomic mass is 16.1. The molecule has 1 aliphatic heterocycles. The topological polar surface area (TPSA) is 44.1 Å². The number of rotatable bonds is 3. The van der Waals surface area contributed by atoms with Crippen molar-refractivity contribution < 1.29 is 4.79 Å². The first-order valence-electron chi connectivity index (χ1n) is 4.65. The van der Waals surface area contributed by atoms with E-state index >= 15 is 0 Å². The van der Waals surface area contributed by atoms with Gasteiger partial charge in [-0.1, -0.05) is 6.08 Å². The van der Waals surface area contributed by atoms with Crippen molar-refractivity contribution in [2.75, 3.05) is 7.05 Å². The maximum absolute atomic E-state index is 11.3. The van der Waals surface area contributed by atoms with Crippen molar-refractivity contribution in [3.8, 4) is 6.07 Å². The fourth-order valence-corrected chi connectivity index (χ4v) is 1.53. The lowest BCUT2D eigenvalue weighted by Crippen LogP contribution is -2.18. The molecule has 0 amide bonds. The van der Waals surface area contributed by atoms with Crippen LogP contribution < -0.4 is 0 Å². The molecule has 1 heterocycles. The summed E-state index contributed by atoms with van der Waals surface area (Å²) in [6.45, 7) is 1.57. The van der Waals surface area contributed by atoms with Gasteiger partial charge in [-0.25, -0.2) is 0 Å². The van der Waals surface area contributed by atoms with Crippen LogP contribution in [0.1, 0.15) is 19.8 Å². The molecule has 0 spiro atoms. The highest BCUT2D eigenvalue weighted by Gasteiger charge is 2.18. The van der Waals surface area contributed by atoms with Gasteiger partial charge in [-0.2, -0.15) is 5.26 Å². The molecule has 0 aromatic heterocycles. The van der Waals surface area contributed by atoms with Crippen molar-refractivity contribution in [3.63, 3.8) is 0 Å². The summed E-state index contributed by atoms with van der Waals surface area (Å²) in [5.41, 5.74) is 0.797. The highest BCUT2D eigenvalue weighted by Crippen LogP contribution is 2.23. The second kappa shape index (κ2) is 4.61. The summed E-state index contributed by atoms with van der Waals surface area (Å²) in [4.78, 5) is 13.2. The van der Waals surface area contributed by atoms with Crippen LogP contribution in [0.2, 0.25) is 0 Å². The second-order valence-corrected chi connectivity index (χ2v) is 3.45. The first-order chi connectivity index (χ1) is 6.65. The molecule has 1 atom stereocenters. The number of carbonyl (C=O) groups is 1. The quantitative estimate of drug-likeness (QED) is 0.682. The monoisotopic (exact) mass is 190 g/mol. The zero-order chi connectivity index (χ0) is 10.6. The summed E-state index contributed by atoms with van der Waals surface area (Å²) in [6.07, 6.45) is 6.96. The van der Waals surface area contributed by atoms with Crippen molar-refractivity contribution in [2.45, 2.75) is 19.8 Å². The molecule has 0 aromatic rings. The third-order valence-electron chi connectivity index (χ3n) is 2.27. The first kappa shape index (κ1) is 10.5. The molecular weight excluding hydrogens is 176 g/mol. The molecule has 0 fully saturated rings. The number of carbonyl (C=O) groups excluding carboxylic acids is 1. The Labute approximate surface area is 84.3 Å². The lowest BCUT2D eigenvalue weighted by Gasteiger charge is -2.22. The third-order valence-corrected chi connectivity index (χ3v) is 2.27. The molecular formula is C11H14N2O. The van der Waals surface area contributed by atoms with Gasteiger partial charge in [0.05, 0.1) is 6.07 Å². The van der Waals surface area contributed by atoms with Gasteiger partial charge in [0.2, 0.25) is 0 Å². The van der Waals surface area contributed by atoms with E-state index in [4.69, 9.17) is 5.26 Å². The van der Waals surface area contributed by atoms with Crippen molar-refractivity contribution >= 4 is 5.78 Å². The van der Waals surface area contributed by atoms with Crippen molar-refractivity contribution in [2.24, 2.45) is 5.92 Å². The van der Waals surface area contributed by atoms with Gasteiger partial charge >= 0.3 is 0 Å². The second-order valence-electron chi connectivity index (χ2n) is 3.45. The lowest BCUT2D eigenvalue weighted by molar-refractivity contribution is -0.114. The summed E-state index contributed by atoms with van der Waals surface area (Å²) in [7, 11) is 1.89. The van der Waals surface area contributed by atoms with Gasteiger partial charge in [0, 0.05) is 31.2 Å². The Balaban J connectivity index is 2.75. The number of Topliss-reactive ketones (excluding diaryl/α,β-unsaturated/α-hetero) is 1. The van der Waals surface area contributed by atoms with Crippen molar-refractivity contribution in [1.82, 2.24) is 4.90 Å². The average molecular weight is 190 g/mol. The highest BCUT2D eigenvalue weighted by molar-refractivity contribution is 5.94. The van der Waals surface area contributed by atoms with E-state index < -0.39 is 0 Å². The molecule has 74 valence electrons. The molecule has 0 aromatic carbocycles. The normalized spacial score (nSPS) is 20.2.